The van der Waals surface area contributed by atoms with Gasteiger partial charge in [-0.15, -0.1) is 0 Å². The molecule has 0 spiro atoms. The minimum absolute atomic E-state index is 0.729. The Morgan fingerprint density at radius 3 is 2.80 bits per heavy atom. The van der Waals surface area contributed by atoms with Crippen LogP contribution in [-0.2, 0) is 5.33 Å². The molecule has 15 heavy (non-hydrogen) atoms. The summed E-state index contributed by atoms with van der Waals surface area (Å²) in [6, 6.07) is 10.6. The molecule has 0 atom stereocenters. The molecule has 1 aliphatic rings. The van der Waals surface area contributed by atoms with Gasteiger partial charge in [0.25, 0.3) is 0 Å². The van der Waals surface area contributed by atoms with Crippen LogP contribution in [-0.4, -0.2) is 4.98 Å². The molecule has 1 nitrogen and oxygen atoms in total. The van der Waals surface area contributed by atoms with Crippen molar-refractivity contribution in [1.82, 2.24) is 4.98 Å². The molecular weight excluding hydrogens is 250 g/mol. The summed E-state index contributed by atoms with van der Waals surface area (Å²) >= 11 is 3.55. The number of aromatic nitrogens is 1. The van der Waals surface area contributed by atoms with Crippen molar-refractivity contribution in [3.8, 4) is 0 Å². The number of hydrogen-bond acceptors (Lipinski definition) is 1. The van der Waals surface area contributed by atoms with Gasteiger partial charge >= 0.3 is 0 Å². The van der Waals surface area contributed by atoms with E-state index >= 15 is 0 Å². The molecule has 76 valence electrons. The molecule has 2 heteroatoms. The normalized spacial score (nSPS) is 15.8. The van der Waals surface area contributed by atoms with Crippen LogP contribution in [0.25, 0.3) is 10.9 Å². The molecule has 0 bridgehead atoms. The molecule has 1 fully saturated rings. The number of pyridine rings is 1. The predicted molar refractivity (Wildman–Crippen MR) is 66.3 cm³/mol. The van der Waals surface area contributed by atoms with Crippen molar-refractivity contribution in [1.29, 1.82) is 0 Å². The lowest BCUT2D eigenvalue weighted by Gasteiger charge is -2.06. The Morgan fingerprint density at radius 2 is 2.07 bits per heavy atom. The first kappa shape index (κ1) is 9.34. The van der Waals surface area contributed by atoms with Crippen LogP contribution in [0, 0.1) is 0 Å². The highest BCUT2D eigenvalue weighted by atomic mass is 79.9. The van der Waals surface area contributed by atoms with E-state index in [2.05, 4.69) is 46.3 Å². The average Bonchev–Trinajstić information content (AvgIpc) is 3.11. The van der Waals surface area contributed by atoms with Crippen molar-refractivity contribution >= 4 is 26.8 Å². The Hall–Kier alpha value is -0.890. The molecule has 0 radical (unpaired) electrons. The van der Waals surface area contributed by atoms with Crippen molar-refractivity contribution < 1.29 is 0 Å². The van der Waals surface area contributed by atoms with E-state index < -0.39 is 0 Å². The van der Waals surface area contributed by atoms with Crippen molar-refractivity contribution in [3.05, 3.63) is 41.6 Å². The van der Waals surface area contributed by atoms with E-state index in [1.54, 1.807) is 0 Å². The van der Waals surface area contributed by atoms with Crippen LogP contribution in [0.1, 0.15) is 30.0 Å². The predicted octanol–water partition coefficient (Wildman–Crippen LogP) is 4.01. The number of alkyl halides is 1. The standard InChI is InChI=1S/C13H12BrN/c14-8-10-7-13(9-5-6-9)15-12-4-2-1-3-11(10)12/h1-4,7,9H,5-6,8H2. The summed E-state index contributed by atoms with van der Waals surface area (Å²) in [5.74, 6) is 0.729. The van der Waals surface area contributed by atoms with Gasteiger partial charge in [0.2, 0.25) is 0 Å². The van der Waals surface area contributed by atoms with Gasteiger partial charge in [0, 0.05) is 22.3 Å². The molecule has 0 N–H and O–H groups in total. The molecule has 1 aliphatic carbocycles. The third kappa shape index (κ3) is 1.67. The SMILES string of the molecule is BrCc1cc(C2CC2)nc2ccccc12. The van der Waals surface area contributed by atoms with Crippen LogP contribution in [0.3, 0.4) is 0 Å². The molecule has 1 aromatic heterocycles. The fourth-order valence-corrected chi connectivity index (χ4v) is 2.43. The Balaban J connectivity index is 2.25. The Morgan fingerprint density at radius 1 is 1.27 bits per heavy atom. The summed E-state index contributed by atoms with van der Waals surface area (Å²) in [5, 5.41) is 2.19. The Kier molecular flexibility index (Phi) is 2.24. The fraction of sp³-hybridized carbons (Fsp3) is 0.308. The fourth-order valence-electron chi connectivity index (χ4n) is 1.97. The van der Waals surface area contributed by atoms with E-state index in [4.69, 9.17) is 4.98 Å². The third-order valence-corrected chi connectivity index (χ3v) is 3.57. The van der Waals surface area contributed by atoms with Crippen LogP contribution in [0.4, 0.5) is 0 Å². The van der Waals surface area contributed by atoms with Crippen LogP contribution < -0.4 is 0 Å². The van der Waals surface area contributed by atoms with Crippen molar-refractivity contribution in [2.24, 2.45) is 0 Å². The second kappa shape index (κ2) is 3.60. The summed E-state index contributed by atoms with van der Waals surface area (Å²) in [6.07, 6.45) is 2.63. The number of rotatable bonds is 2. The lowest BCUT2D eigenvalue weighted by molar-refractivity contribution is 1.04. The number of hydrogen-bond donors (Lipinski definition) is 0. The zero-order valence-electron chi connectivity index (χ0n) is 8.41. The van der Waals surface area contributed by atoms with E-state index in [-0.39, 0.29) is 0 Å². The molecule has 0 saturated heterocycles. The maximum atomic E-state index is 4.72. The zero-order valence-corrected chi connectivity index (χ0v) is 10.00. The number of benzene rings is 1. The minimum atomic E-state index is 0.729. The zero-order chi connectivity index (χ0) is 10.3. The average molecular weight is 262 g/mol. The van der Waals surface area contributed by atoms with E-state index in [1.165, 1.54) is 29.5 Å². The third-order valence-electron chi connectivity index (χ3n) is 2.96. The Labute approximate surface area is 97.7 Å². The van der Waals surface area contributed by atoms with Crippen LogP contribution >= 0.6 is 15.9 Å². The highest BCUT2D eigenvalue weighted by molar-refractivity contribution is 9.08. The topological polar surface area (TPSA) is 12.9 Å². The molecule has 2 aromatic rings. The van der Waals surface area contributed by atoms with Crippen molar-refractivity contribution in [2.75, 3.05) is 0 Å². The van der Waals surface area contributed by atoms with E-state index in [0.717, 1.165) is 16.8 Å². The maximum Gasteiger partial charge on any atom is 0.0708 e. The Bertz CT molecular complexity index is 503. The number of para-hydroxylation sites is 1. The molecule has 1 aromatic carbocycles. The van der Waals surface area contributed by atoms with Gasteiger partial charge in [-0.2, -0.15) is 0 Å². The lowest BCUT2D eigenvalue weighted by atomic mass is 10.1. The highest BCUT2D eigenvalue weighted by Crippen LogP contribution is 2.40. The number of halogens is 1. The summed E-state index contributed by atoms with van der Waals surface area (Å²) < 4.78 is 0. The van der Waals surface area contributed by atoms with Gasteiger partial charge < -0.3 is 0 Å². The van der Waals surface area contributed by atoms with Gasteiger partial charge in [0.05, 0.1) is 5.52 Å². The second-order valence-corrected chi connectivity index (χ2v) is 4.69. The second-order valence-electron chi connectivity index (χ2n) is 4.13. The minimum Gasteiger partial charge on any atom is -0.253 e. The molecular formula is C13H12BrN. The highest BCUT2D eigenvalue weighted by Gasteiger charge is 2.25. The largest absolute Gasteiger partial charge is 0.253 e. The van der Waals surface area contributed by atoms with E-state index in [1.807, 2.05) is 0 Å². The van der Waals surface area contributed by atoms with E-state index in [9.17, 15) is 0 Å². The molecule has 0 amide bonds. The van der Waals surface area contributed by atoms with Gasteiger partial charge in [-0.25, -0.2) is 0 Å². The summed E-state index contributed by atoms with van der Waals surface area (Å²) in [6.45, 7) is 0. The van der Waals surface area contributed by atoms with Gasteiger partial charge in [-0.05, 0) is 30.5 Å². The monoisotopic (exact) mass is 261 g/mol. The van der Waals surface area contributed by atoms with Crippen LogP contribution in [0.15, 0.2) is 30.3 Å². The van der Waals surface area contributed by atoms with Gasteiger partial charge in [-0.3, -0.25) is 4.98 Å². The molecule has 1 saturated carbocycles. The van der Waals surface area contributed by atoms with Crippen molar-refractivity contribution in [2.45, 2.75) is 24.1 Å². The lowest BCUT2D eigenvalue weighted by Crippen LogP contribution is -1.92. The molecule has 0 unspecified atom stereocenters. The van der Waals surface area contributed by atoms with Crippen LogP contribution in [0.2, 0.25) is 0 Å². The summed E-state index contributed by atoms with van der Waals surface area (Å²) in [5.41, 5.74) is 3.78. The van der Waals surface area contributed by atoms with Gasteiger partial charge in [-0.1, -0.05) is 34.1 Å². The number of fused-ring (bicyclic) bond motifs is 1. The van der Waals surface area contributed by atoms with Gasteiger partial charge in [0.15, 0.2) is 0 Å². The smallest absolute Gasteiger partial charge is 0.0708 e. The molecule has 0 aliphatic heterocycles. The first-order valence-corrected chi connectivity index (χ1v) is 6.45. The molecule has 1 heterocycles. The van der Waals surface area contributed by atoms with Gasteiger partial charge in [0.1, 0.15) is 0 Å². The number of nitrogens with zero attached hydrogens (tertiary/aromatic N) is 1. The summed E-state index contributed by atoms with van der Waals surface area (Å²) in [4.78, 5) is 4.72. The van der Waals surface area contributed by atoms with Crippen molar-refractivity contribution in [3.63, 3.8) is 0 Å². The van der Waals surface area contributed by atoms with E-state index in [0.29, 0.717) is 0 Å². The molecule has 3 rings (SSSR count). The first-order valence-electron chi connectivity index (χ1n) is 5.33. The maximum absolute atomic E-state index is 4.72. The first-order chi connectivity index (χ1) is 7.38. The van der Waals surface area contributed by atoms with Crippen LogP contribution in [0.5, 0.6) is 0 Å². The summed E-state index contributed by atoms with van der Waals surface area (Å²) in [7, 11) is 0. The quantitative estimate of drug-likeness (QED) is 0.745.